The first kappa shape index (κ1) is 15.2. The topological polar surface area (TPSA) is 80.1 Å². The lowest BCUT2D eigenvalue weighted by Gasteiger charge is -2.14. The summed E-state index contributed by atoms with van der Waals surface area (Å²) in [6, 6.07) is 0. The second-order valence-electron chi connectivity index (χ2n) is 5.95. The van der Waals surface area contributed by atoms with Crippen molar-refractivity contribution >= 4 is 0 Å². The highest BCUT2D eigenvalue weighted by Crippen LogP contribution is 2.26. The molecule has 7 heteroatoms. The molecule has 0 aromatic carbocycles. The summed E-state index contributed by atoms with van der Waals surface area (Å²) >= 11 is 0. The van der Waals surface area contributed by atoms with Crippen LogP contribution in [0.4, 0.5) is 0 Å². The van der Waals surface area contributed by atoms with Gasteiger partial charge in [0.15, 0.2) is 5.82 Å². The summed E-state index contributed by atoms with van der Waals surface area (Å²) in [5, 5.41) is 11.3. The van der Waals surface area contributed by atoms with E-state index in [0.29, 0.717) is 18.3 Å². The number of nitrogens with one attached hydrogen (secondary N) is 1. The van der Waals surface area contributed by atoms with Crippen LogP contribution in [-0.2, 0) is 17.7 Å². The number of H-pyrrole nitrogens is 1. The number of aromatic amines is 1. The first-order valence-electron chi connectivity index (χ1n) is 7.76. The van der Waals surface area contributed by atoms with Gasteiger partial charge in [-0.05, 0) is 45.7 Å². The average molecular weight is 305 g/mol. The standard InChI is InChI=1S/C15H23N5O2/c1-10-12(11(2)18-17-10)6-7-20(3)9-14-16-15(22-19-14)13-5-4-8-21-13/h13H,4-9H2,1-3H3,(H,17,18)/t13-/m1/s1. The van der Waals surface area contributed by atoms with Crippen molar-refractivity contribution in [3.63, 3.8) is 0 Å². The Labute approximate surface area is 130 Å². The number of ether oxygens (including phenoxy) is 1. The number of rotatable bonds is 6. The number of aryl methyl sites for hydroxylation is 2. The Kier molecular flexibility index (Phi) is 4.54. The molecule has 0 spiro atoms. The van der Waals surface area contributed by atoms with Crippen molar-refractivity contribution in [3.05, 3.63) is 28.7 Å². The van der Waals surface area contributed by atoms with Crippen LogP contribution < -0.4 is 0 Å². The van der Waals surface area contributed by atoms with Crippen molar-refractivity contribution in [2.24, 2.45) is 0 Å². The van der Waals surface area contributed by atoms with Gasteiger partial charge in [-0.15, -0.1) is 0 Å². The predicted molar refractivity (Wildman–Crippen MR) is 80.3 cm³/mol. The van der Waals surface area contributed by atoms with Gasteiger partial charge in [-0.1, -0.05) is 5.16 Å². The van der Waals surface area contributed by atoms with Crippen molar-refractivity contribution < 1.29 is 9.26 Å². The second-order valence-corrected chi connectivity index (χ2v) is 5.95. The minimum absolute atomic E-state index is 0.0113. The molecule has 0 radical (unpaired) electrons. The molecule has 1 saturated heterocycles. The number of nitrogens with zero attached hydrogens (tertiary/aromatic N) is 4. The molecular weight excluding hydrogens is 282 g/mol. The van der Waals surface area contributed by atoms with Gasteiger partial charge in [0.2, 0.25) is 0 Å². The zero-order valence-corrected chi connectivity index (χ0v) is 13.4. The highest BCUT2D eigenvalue weighted by Gasteiger charge is 2.24. The van der Waals surface area contributed by atoms with Crippen molar-refractivity contribution in [2.45, 2.75) is 45.8 Å². The molecule has 0 saturated carbocycles. The maximum Gasteiger partial charge on any atom is 0.255 e. The van der Waals surface area contributed by atoms with Gasteiger partial charge in [0.05, 0.1) is 12.2 Å². The van der Waals surface area contributed by atoms with Crippen LogP contribution in [0.25, 0.3) is 0 Å². The molecule has 0 unspecified atom stereocenters. The maximum atomic E-state index is 5.56. The molecule has 1 atom stereocenters. The summed E-state index contributed by atoms with van der Waals surface area (Å²) in [5.74, 6) is 1.33. The van der Waals surface area contributed by atoms with E-state index in [2.05, 4.69) is 39.2 Å². The molecule has 7 nitrogen and oxygen atoms in total. The van der Waals surface area contributed by atoms with E-state index in [-0.39, 0.29) is 6.10 Å². The van der Waals surface area contributed by atoms with Gasteiger partial charge in [0.1, 0.15) is 6.10 Å². The lowest BCUT2D eigenvalue weighted by Crippen LogP contribution is -2.21. The molecule has 2 aromatic heterocycles. The fourth-order valence-electron chi connectivity index (χ4n) is 2.80. The van der Waals surface area contributed by atoms with Crippen LogP contribution in [0.5, 0.6) is 0 Å². The first-order chi connectivity index (χ1) is 10.6. The van der Waals surface area contributed by atoms with E-state index in [1.807, 2.05) is 6.92 Å². The molecule has 120 valence electrons. The third kappa shape index (κ3) is 3.36. The van der Waals surface area contributed by atoms with Crippen LogP contribution in [0, 0.1) is 13.8 Å². The Balaban J connectivity index is 1.52. The van der Waals surface area contributed by atoms with E-state index in [0.717, 1.165) is 43.8 Å². The van der Waals surface area contributed by atoms with Crippen molar-refractivity contribution in [1.29, 1.82) is 0 Å². The minimum Gasteiger partial charge on any atom is -0.368 e. The third-order valence-electron chi connectivity index (χ3n) is 4.12. The Hall–Kier alpha value is -1.73. The van der Waals surface area contributed by atoms with Crippen LogP contribution in [0.1, 0.15) is 47.6 Å². The van der Waals surface area contributed by atoms with E-state index in [9.17, 15) is 0 Å². The Morgan fingerprint density at radius 1 is 1.36 bits per heavy atom. The van der Waals surface area contributed by atoms with E-state index in [4.69, 9.17) is 9.26 Å². The number of likely N-dealkylation sites (N-methyl/N-ethyl adjacent to an activating group) is 1. The predicted octanol–water partition coefficient (Wildman–Crippen LogP) is 1.94. The largest absolute Gasteiger partial charge is 0.368 e. The number of aromatic nitrogens is 4. The van der Waals surface area contributed by atoms with Crippen LogP contribution in [-0.4, -0.2) is 45.4 Å². The van der Waals surface area contributed by atoms with Gasteiger partial charge >= 0.3 is 0 Å². The minimum atomic E-state index is -0.0113. The summed E-state index contributed by atoms with van der Waals surface area (Å²) in [4.78, 5) is 6.64. The number of hydrogen-bond acceptors (Lipinski definition) is 6. The molecule has 1 fully saturated rings. The SMILES string of the molecule is Cc1n[nH]c(C)c1CCN(C)Cc1noc([C@H]2CCCO2)n1. The Morgan fingerprint density at radius 3 is 2.91 bits per heavy atom. The monoisotopic (exact) mass is 305 g/mol. The highest BCUT2D eigenvalue weighted by atomic mass is 16.5. The molecule has 0 aliphatic carbocycles. The molecule has 0 amide bonds. The van der Waals surface area contributed by atoms with Gasteiger partial charge < -0.3 is 9.26 Å². The summed E-state index contributed by atoms with van der Waals surface area (Å²) in [7, 11) is 2.06. The molecule has 3 heterocycles. The molecule has 22 heavy (non-hydrogen) atoms. The van der Waals surface area contributed by atoms with Gasteiger partial charge in [-0.3, -0.25) is 10.00 Å². The van der Waals surface area contributed by atoms with Crippen LogP contribution in [0.15, 0.2) is 4.52 Å². The summed E-state index contributed by atoms with van der Waals surface area (Å²) in [6.45, 7) is 6.47. The smallest absolute Gasteiger partial charge is 0.255 e. The molecule has 2 aromatic rings. The first-order valence-corrected chi connectivity index (χ1v) is 7.76. The quantitative estimate of drug-likeness (QED) is 0.878. The van der Waals surface area contributed by atoms with E-state index in [1.54, 1.807) is 0 Å². The van der Waals surface area contributed by atoms with Crippen LogP contribution in [0.2, 0.25) is 0 Å². The Morgan fingerprint density at radius 2 is 2.23 bits per heavy atom. The van der Waals surface area contributed by atoms with Gasteiger partial charge in [-0.25, -0.2) is 0 Å². The fourth-order valence-corrected chi connectivity index (χ4v) is 2.80. The Bertz CT molecular complexity index is 596. The zero-order chi connectivity index (χ0) is 15.5. The van der Waals surface area contributed by atoms with E-state index >= 15 is 0 Å². The lowest BCUT2D eigenvalue weighted by atomic mass is 10.1. The fraction of sp³-hybridized carbons (Fsp3) is 0.667. The summed E-state index contributed by atoms with van der Waals surface area (Å²) in [5.41, 5.74) is 3.51. The van der Waals surface area contributed by atoms with Crippen molar-refractivity contribution in [2.75, 3.05) is 20.2 Å². The molecule has 1 N–H and O–H groups in total. The molecule has 3 rings (SSSR count). The average Bonchev–Trinajstić information content (AvgIpc) is 3.20. The lowest BCUT2D eigenvalue weighted by molar-refractivity contribution is 0.0835. The summed E-state index contributed by atoms with van der Waals surface area (Å²) < 4.78 is 10.9. The molecule has 1 aliphatic rings. The van der Waals surface area contributed by atoms with Crippen LogP contribution >= 0.6 is 0 Å². The van der Waals surface area contributed by atoms with E-state index < -0.39 is 0 Å². The zero-order valence-electron chi connectivity index (χ0n) is 13.4. The third-order valence-corrected chi connectivity index (χ3v) is 4.12. The van der Waals surface area contributed by atoms with Gasteiger partial charge in [-0.2, -0.15) is 10.1 Å². The second kappa shape index (κ2) is 6.58. The number of hydrogen-bond donors (Lipinski definition) is 1. The van der Waals surface area contributed by atoms with Gasteiger partial charge in [0.25, 0.3) is 5.89 Å². The van der Waals surface area contributed by atoms with Crippen molar-refractivity contribution in [3.8, 4) is 0 Å². The van der Waals surface area contributed by atoms with Crippen LogP contribution in [0.3, 0.4) is 0 Å². The highest BCUT2D eigenvalue weighted by molar-refractivity contribution is 5.23. The van der Waals surface area contributed by atoms with E-state index in [1.165, 1.54) is 5.56 Å². The van der Waals surface area contributed by atoms with Crippen molar-refractivity contribution in [1.82, 2.24) is 25.2 Å². The molecular formula is C15H23N5O2. The molecule has 0 bridgehead atoms. The molecule has 1 aliphatic heterocycles. The normalized spacial score (nSPS) is 18.5. The maximum absolute atomic E-state index is 5.56. The summed E-state index contributed by atoms with van der Waals surface area (Å²) in [6.07, 6.45) is 2.98. The van der Waals surface area contributed by atoms with Gasteiger partial charge in [0, 0.05) is 18.8 Å².